The average Bonchev–Trinajstić information content (AvgIpc) is 2.81. The lowest BCUT2D eigenvalue weighted by Gasteiger charge is -2.13. The van der Waals surface area contributed by atoms with Gasteiger partial charge in [-0.15, -0.1) is 0 Å². The van der Waals surface area contributed by atoms with Crippen molar-refractivity contribution in [3.8, 4) is 0 Å². The van der Waals surface area contributed by atoms with Crippen LogP contribution in [0.4, 0.5) is 8.78 Å². The molecule has 1 aliphatic heterocycles. The molecule has 2 N–H and O–H groups in total. The van der Waals surface area contributed by atoms with Gasteiger partial charge in [-0.05, 0) is 23.1 Å². The Morgan fingerprint density at radius 3 is 2.83 bits per heavy atom. The highest BCUT2D eigenvalue weighted by Crippen LogP contribution is 2.24. The van der Waals surface area contributed by atoms with Crippen molar-refractivity contribution < 1.29 is 18.3 Å². The quantitative estimate of drug-likeness (QED) is 0.796. The van der Waals surface area contributed by atoms with Crippen LogP contribution in [0.5, 0.6) is 0 Å². The summed E-state index contributed by atoms with van der Waals surface area (Å²) in [4.78, 5) is 0. The Bertz CT molecular complexity index is 399. The lowest BCUT2D eigenvalue weighted by atomic mass is 10.00. The maximum Gasteiger partial charge on any atom is 0.261 e. The molecule has 0 saturated carbocycles. The van der Waals surface area contributed by atoms with E-state index in [4.69, 9.17) is 15.2 Å². The van der Waals surface area contributed by atoms with Crippen molar-refractivity contribution in [2.75, 3.05) is 13.2 Å². The van der Waals surface area contributed by atoms with Crippen LogP contribution in [0.1, 0.15) is 29.2 Å². The second-order valence-electron chi connectivity index (χ2n) is 4.38. The summed E-state index contributed by atoms with van der Waals surface area (Å²) < 4.78 is 33.9. The van der Waals surface area contributed by atoms with Crippen LogP contribution < -0.4 is 5.73 Å². The van der Waals surface area contributed by atoms with E-state index >= 15 is 0 Å². The predicted octanol–water partition coefficient (Wildman–Crippen LogP) is 2.39. The summed E-state index contributed by atoms with van der Waals surface area (Å²) >= 11 is 0. The SMILES string of the molecule is NC(CCOCC(F)F)c1ccc2c(c1)COC2. The van der Waals surface area contributed by atoms with Crippen LogP contribution in [-0.2, 0) is 22.7 Å². The molecule has 0 fully saturated rings. The van der Waals surface area contributed by atoms with E-state index in [1.807, 2.05) is 18.2 Å². The number of alkyl halides is 2. The highest BCUT2D eigenvalue weighted by Gasteiger charge is 2.14. The van der Waals surface area contributed by atoms with Gasteiger partial charge >= 0.3 is 0 Å². The predicted molar refractivity (Wildman–Crippen MR) is 63.3 cm³/mol. The Labute approximate surface area is 105 Å². The Balaban J connectivity index is 1.83. The van der Waals surface area contributed by atoms with E-state index in [2.05, 4.69) is 0 Å². The molecule has 0 bridgehead atoms. The highest BCUT2D eigenvalue weighted by atomic mass is 19.3. The van der Waals surface area contributed by atoms with Crippen molar-refractivity contribution in [2.45, 2.75) is 32.1 Å². The van der Waals surface area contributed by atoms with Gasteiger partial charge in [-0.2, -0.15) is 0 Å². The van der Waals surface area contributed by atoms with Crippen molar-refractivity contribution in [3.05, 3.63) is 34.9 Å². The number of fused-ring (bicyclic) bond motifs is 1. The Morgan fingerprint density at radius 2 is 2.06 bits per heavy atom. The molecule has 1 atom stereocenters. The molecule has 0 radical (unpaired) electrons. The first-order valence-corrected chi connectivity index (χ1v) is 5.97. The molecule has 0 amide bonds. The fourth-order valence-corrected chi connectivity index (χ4v) is 1.97. The van der Waals surface area contributed by atoms with Gasteiger partial charge in [0.2, 0.25) is 0 Å². The molecule has 3 nitrogen and oxygen atoms in total. The van der Waals surface area contributed by atoms with Crippen LogP contribution >= 0.6 is 0 Å². The number of hydrogen-bond donors (Lipinski definition) is 1. The molecule has 18 heavy (non-hydrogen) atoms. The minimum Gasteiger partial charge on any atom is -0.375 e. The highest BCUT2D eigenvalue weighted by molar-refractivity contribution is 5.34. The maximum absolute atomic E-state index is 11.9. The lowest BCUT2D eigenvalue weighted by molar-refractivity contribution is 0.0152. The van der Waals surface area contributed by atoms with Gasteiger partial charge in [0.05, 0.1) is 13.2 Å². The molecule has 1 unspecified atom stereocenters. The Kier molecular flexibility index (Phi) is 4.63. The third-order valence-corrected chi connectivity index (χ3v) is 2.99. The molecule has 0 spiro atoms. The number of nitrogens with two attached hydrogens (primary N) is 1. The van der Waals surface area contributed by atoms with E-state index in [9.17, 15) is 8.78 Å². The van der Waals surface area contributed by atoms with E-state index in [0.29, 0.717) is 19.6 Å². The number of hydrogen-bond acceptors (Lipinski definition) is 3. The third-order valence-electron chi connectivity index (χ3n) is 2.99. The fourth-order valence-electron chi connectivity index (χ4n) is 1.97. The Morgan fingerprint density at radius 1 is 1.28 bits per heavy atom. The topological polar surface area (TPSA) is 44.5 Å². The average molecular weight is 257 g/mol. The van der Waals surface area contributed by atoms with E-state index < -0.39 is 13.0 Å². The molecule has 100 valence electrons. The fraction of sp³-hybridized carbons (Fsp3) is 0.538. The first-order valence-electron chi connectivity index (χ1n) is 5.97. The molecule has 1 aromatic rings. The summed E-state index contributed by atoms with van der Waals surface area (Å²) in [6.07, 6.45) is -1.88. The second-order valence-corrected chi connectivity index (χ2v) is 4.38. The molecule has 0 aromatic heterocycles. The van der Waals surface area contributed by atoms with Crippen molar-refractivity contribution in [2.24, 2.45) is 5.73 Å². The summed E-state index contributed by atoms with van der Waals surface area (Å²) in [6, 6.07) is 5.82. The normalized spacial score (nSPS) is 16.0. The van der Waals surface area contributed by atoms with E-state index in [-0.39, 0.29) is 12.6 Å². The van der Waals surface area contributed by atoms with Gasteiger partial charge in [0.25, 0.3) is 6.43 Å². The van der Waals surface area contributed by atoms with Crippen molar-refractivity contribution in [1.82, 2.24) is 0 Å². The molecular formula is C13H17F2NO2. The van der Waals surface area contributed by atoms with Gasteiger partial charge in [0.1, 0.15) is 6.61 Å². The smallest absolute Gasteiger partial charge is 0.261 e. The van der Waals surface area contributed by atoms with Crippen LogP contribution in [0.3, 0.4) is 0 Å². The minimum atomic E-state index is -2.42. The van der Waals surface area contributed by atoms with Gasteiger partial charge in [-0.1, -0.05) is 18.2 Å². The van der Waals surface area contributed by atoms with Crippen LogP contribution in [0, 0.1) is 0 Å². The van der Waals surface area contributed by atoms with Crippen LogP contribution in [-0.4, -0.2) is 19.6 Å². The zero-order valence-corrected chi connectivity index (χ0v) is 10.1. The van der Waals surface area contributed by atoms with E-state index in [1.54, 1.807) is 0 Å². The maximum atomic E-state index is 11.9. The third kappa shape index (κ3) is 3.48. The van der Waals surface area contributed by atoms with Gasteiger partial charge in [0.15, 0.2) is 0 Å². The monoisotopic (exact) mass is 257 g/mol. The zero-order valence-electron chi connectivity index (χ0n) is 10.1. The Hall–Kier alpha value is -1.04. The van der Waals surface area contributed by atoms with Gasteiger partial charge in [-0.25, -0.2) is 8.78 Å². The van der Waals surface area contributed by atoms with Crippen LogP contribution in [0.2, 0.25) is 0 Å². The summed E-state index contributed by atoms with van der Waals surface area (Å²) in [5, 5.41) is 0. The van der Waals surface area contributed by atoms with Gasteiger partial charge < -0.3 is 15.2 Å². The molecule has 1 aliphatic rings. The standard InChI is InChI=1S/C13H17F2NO2/c14-13(15)8-17-4-3-12(16)9-1-2-10-6-18-7-11(10)5-9/h1-2,5,12-13H,3-4,6-8,16H2. The minimum absolute atomic E-state index is 0.187. The summed E-state index contributed by atoms with van der Waals surface area (Å²) in [7, 11) is 0. The summed E-state index contributed by atoms with van der Waals surface area (Å²) in [5.41, 5.74) is 9.36. The van der Waals surface area contributed by atoms with Gasteiger partial charge in [-0.3, -0.25) is 0 Å². The molecular weight excluding hydrogens is 240 g/mol. The molecule has 1 heterocycles. The molecule has 0 saturated heterocycles. The number of rotatable bonds is 6. The van der Waals surface area contributed by atoms with E-state index in [1.165, 1.54) is 5.56 Å². The van der Waals surface area contributed by atoms with Crippen molar-refractivity contribution in [3.63, 3.8) is 0 Å². The van der Waals surface area contributed by atoms with Crippen molar-refractivity contribution in [1.29, 1.82) is 0 Å². The molecule has 2 rings (SSSR count). The number of halogens is 2. The van der Waals surface area contributed by atoms with Crippen LogP contribution in [0.15, 0.2) is 18.2 Å². The summed E-state index contributed by atoms with van der Waals surface area (Å²) in [5.74, 6) is 0. The van der Waals surface area contributed by atoms with E-state index in [0.717, 1.165) is 11.1 Å². The first kappa shape index (κ1) is 13.4. The summed E-state index contributed by atoms with van der Waals surface area (Å²) in [6.45, 7) is 1.00. The molecule has 5 heteroatoms. The van der Waals surface area contributed by atoms with Gasteiger partial charge in [0, 0.05) is 12.6 Å². The van der Waals surface area contributed by atoms with Crippen molar-refractivity contribution >= 4 is 0 Å². The molecule has 0 aliphatic carbocycles. The van der Waals surface area contributed by atoms with Crippen LogP contribution in [0.25, 0.3) is 0 Å². The second kappa shape index (κ2) is 6.22. The lowest BCUT2D eigenvalue weighted by Crippen LogP contribution is -2.15. The zero-order chi connectivity index (χ0) is 13.0. The largest absolute Gasteiger partial charge is 0.375 e. The molecule has 1 aromatic carbocycles. The number of benzene rings is 1. The number of ether oxygens (including phenoxy) is 2. The first-order chi connectivity index (χ1) is 8.66.